The van der Waals surface area contributed by atoms with Crippen LogP contribution in [0.5, 0.6) is 11.5 Å². The van der Waals surface area contributed by atoms with Gasteiger partial charge in [0, 0.05) is 12.1 Å². The molecule has 0 atom stereocenters. The maximum atomic E-state index is 12.3. The first-order valence-electron chi connectivity index (χ1n) is 9.77. The van der Waals surface area contributed by atoms with Crippen LogP contribution in [-0.4, -0.2) is 24.5 Å². The van der Waals surface area contributed by atoms with Gasteiger partial charge in [0.25, 0.3) is 11.6 Å². The molecule has 0 aliphatic heterocycles. The van der Waals surface area contributed by atoms with Crippen LogP contribution in [0.2, 0.25) is 0 Å². The molecule has 2 aromatic carbocycles. The predicted octanol–water partition coefficient (Wildman–Crippen LogP) is 5.33. The number of carbonyl (C=O) groups is 1. The predicted molar refractivity (Wildman–Crippen MR) is 117 cm³/mol. The van der Waals surface area contributed by atoms with E-state index in [-0.39, 0.29) is 28.8 Å². The van der Waals surface area contributed by atoms with E-state index in [1.54, 1.807) is 0 Å². The molecule has 7 heteroatoms. The number of carbonyl (C=O) groups excluding carboxylic acids is 1. The van der Waals surface area contributed by atoms with Crippen molar-refractivity contribution in [3.05, 3.63) is 58.1 Å². The lowest BCUT2D eigenvalue weighted by Gasteiger charge is -2.33. The Bertz CT molecular complexity index is 899. The van der Waals surface area contributed by atoms with Gasteiger partial charge in [-0.1, -0.05) is 46.8 Å². The van der Waals surface area contributed by atoms with Crippen molar-refractivity contribution >= 4 is 17.3 Å². The van der Waals surface area contributed by atoms with Crippen LogP contribution in [-0.2, 0) is 10.2 Å². The van der Waals surface area contributed by atoms with Crippen LogP contribution in [0, 0.1) is 15.5 Å². The van der Waals surface area contributed by atoms with Crippen molar-refractivity contribution in [1.29, 1.82) is 0 Å². The average molecular weight is 415 g/mol. The Morgan fingerprint density at radius 1 is 1.07 bits per heavy atom. The first-order chi connectivity index (χ1) is 13.9. The van der Waals surface area contributed by atoms with Crippen LogP contribution in [0.4, 0.5) is 11.4 Å². The SMILES string of the molecule is COc1ccc([N+](=O)[O-])cc1NC(=O)COc1ccc(C(C)(C)CC(C)(C)C)cc1. The van der Waals surface area contributed by atoms with Gasteiger partial charge in [0.2, 0.25) is 0 Å². The average Bonchev–Trinajstić information content (AvgIpc) is 2.64. The van der Waals surface area contributed by atoms with Gasteiger partial charge in [0.1, 0.15) is 11.5 Å². The van der Waals surface area contributed by atoms with Gasteiger partial charge in [-0.15, -0.1) is 0 Å². The summed E-state index contributed by atoms with van der Waals surface area (Å²) < 4.78 is 10.7. The molecule has 0 unspecified atom stereocenters. The lowest BCUT2D eigenvalue weighted by molar-refractivity contribution is -0.384. The quantitative estimate of drug-likeness (QED) is 0.465. The smallest absolute Gasteiger partial charge is 0.271 e. The molecule has 0 saturated heterocycles. The molecule has 0 bridgehead atoms. The number of nitro benzene ring substituents is 1. The molecular formula is C23H30N2O5. The molecule has 0 aliphatic rings. The molecule has 0 saturated carbocycles. The number of hydrogen-bond donors (Lipinski definition) is 1. The van der Waals surface area contributed by atoms with Gasteiger partial charge >= 0.3 is 0 Å². The molecule has 0 spiro atoms. The summed E-state index contributed by atoms with van der Waals surface area (Å²) in [6.45, 7) is 10.9. The molecule has 2 rings (SSSR count). The summed E-state index contributed by atoms with van der Waals surface area (Å²) in [6, 6.07) is 11.7. The van der Waals surface area contributed by atoms with Crippen LogP contribution < -0.4 is 14.8 Å². The van der Waals surface area contributed by atoms with Crippen LogP contribution in [0.3, 0.4) is 0 Å². The minimum atomic E-state index is -0.533. The van der Waals surface area contributed by atoms with E-state index in [1.807, 2.05) is 24.3 Å². The zero-order valence-corrected chi connectivity index (χ0v) is 18.4. The maximum Gasteiger partial charge on any atom is 0.271 e. The van der Waals surface area contributed by atoms with Gasteiger partial charge in [0.15, 0.2) is 6.61 Å². The van der Waals surface area contributed by atoms with Crippen molar-refractivity contribution < 1.29 is 19.2 Å². The highest BCUT2D eigenvalue weighted by molar-refractivity contribution is 5.93. The third-order valence-electron chi connectivity index (χ3n) is 4.65. The van der Waals surface area contributed by atoms with Crippen molar-refractivity contribution in [1.82, 2.24) is 0 Å². The fraction of sp³-hybridized carbons (Fsp3) is 0.435. The minimum Gasteiger partial charge on any atom is -0.495 e. The summed E-state index contributed by atoms with van der Waals surface area (Å²) >= 11 is 0. The Labute approximate surface area is 177 Å². The van der Waals surface area contributed by atoms with Crippen LogP contribution >= 0.6 is 0 Å². The third kappa shape index (κ3) is 6.47. The summed E-state index contributed by atoms with van der Waals surface area (Å²) in [5, 5.41) is 13.5. The standard InChI is InChI=1S/C23H30N2O5/c1-22(2,3)15-23(4,5)16-7-10-18(11-8-16)30-14-21(26)24-19-13-17(25(27)28)9-12-20(19)29-6/h7-13H,14-15H2,1-6H3,(H,24,26). The van der Waals surface area contributed by atoms with E-state index in [1.165, 1.54) is 30.9 Å². The summed E-state index contributed by atoms with van der Waals surface area (Å²) in [5.41, 5.74) is 1.52. The fourth-order valence-electron chi connectivity index (χ4n) is 3.67. The van der Waals surface area contributed by atoms with E-state index in [0.717, 1.165) is 6.42 Å². The number of nitrogens with zero attached hydrogens (tertiary/aromatic N) is 1. The monoisotopic (exact) mass is 414 g/mol. The first kappa shape index (κ1) is 23.2. The van der Waals surface area contributed by atoms with Gasteiger partial charge in [-0.2, -0.15) is 0 Å². The van der Waals surface area contributed by atoms with Crippen molar-refractivity contribution in [2.45, 2.75) is 46.5 Å². The molecule has 0 fully saturated rings. The second-order valence-electron chi connectivity index (χ2n) is 9.12. The van der Waals surface area contributed by atoms with Crippen molar-refractivity contribution in [2.75, 3.05) is 19.0 Å². The maximum absolute atomic E-state index is 12.3. The number of methoxy groups -OCH3 is 1. The van der Waals surface area contributed by atoms with Crippen molar-refractivity contribution in [3.63, 3.8) is 0 Å². The fourth-order valence-corrected chi connectivity index (χ4v) is 3.67. The summed E-state index contributed by atoms with van der Waals surface area (Å²) in [7, 11) is 1.43. The Morgan fingerprint density at radius 2 is 1.70 bits per heavy atom. The van der Waals surface area contributed by atoms with Crippen molar-refractivity contribution in [2.24, 2.45) is 5.41 Å². The van der Waals surface area contributed by atoms with Gasteiger partial charge in [-0.3, -0.25) is 14.9 Å². The number of rotatable bonds is 8. The van der Waals surface area contributed by atoms with E-state index < -0.39 is 10.8 Å². The number of amides is 1. The normalized spacial score (nSPS) is 11.7. The third-order valence-corrected chi connectivity index (χ3v) is 4.65. The Hall–Kier alpha value is -3.09. The lowest BCUT2D eigenvalue weighted by Crippen LogP contribution is -2.24. The van der Waals surface area contributed by atoms with Gasteiger partial charge in [0.05, 0.1) is 17.7 Å². The van der Waals surface area contributed by atoms with Gasteiger partial charge < -0.3 is 14.8 Å². The minimum absolute atomic E-state index is 0.0206. The van der Waals surface area contributed by atoms with Crippen LogP contribution in [0.1, 0.15) is 46.6 Å². The van der Waals surface area contributed by atoms with Gasteiger partial charge in [-0.25, -0.2) is 0 Å². The van der Waals surface area contributed by atoms with Crippen LogP contribution in [0.15, 0.2) is 42.5 Å². The molecule has 162 valence electrons. The Balaban J connectivity index is 2.00. The summed E-state index contributed by atoms with van der Waals surface area (Å²) in [6.07, 6.45) is 1.04. The molecule has 1 amide bonds. The second kappa shape index (κ2) is 9.15. The number of hydrogen-bond acceptors (Lipinski definition) is 5. The van der Waals surface area contributed by atoms with Crippen molar-refractivity contribution in [3.8, 4) is 11.5 Å². The molecule has 0 aromatic heterocycles. The molecule has 0 radical (unpaired) electrons. The molecule has 0 aliphatic carbocycles. The van der Waals surface area contributed by atoms with Crippen LogP contribution in [0.25, 0.3) is 0 Å². The molecule has 2 aromatic rings. The highest BCUT2D eigenvalue weighted by Gasteiger charge is 2.27. The van der Waals surface area contributed by atoms with E-state index in [0.29, 0.717) is 11.5 Å². The second-order valence-corrected chi connectivity index (χ2v) is 9.12. The van der Waals surface area contributed by atoms with E-state index in [2.05, 4.69) is 39.9 Å². The zero-order chi connectivity index (χ0) is 22.5. The number of nitrogens with one attached hydrogen (secondary N) is 1. The van der Waals surface area contributed by atoms with E-state index in [4.69, 9.17) is 9.47 Å². The summed E-state index contributed by atoms with van der Waals surface area (Å²) in [5.74, 6) is 0.469. The van der Waals surface area contributed by atoms with E-state index >= 15 is 0 Å². The number of ether oxygens (including phenoxy) is 2. The Kier molecular flexibility index (Phi) is 7.08. The molecule has 1 N–H and O–H groups in total. The zero-order valence-electron chi connectivity index (χ0n) is 18.4. The number of non-ortho nitro benzene ring substituents is 1. The number of anilines is 1. The largest absolute Gasteiger partial charge is 0.495 e. The highest BCUT2D eigenvalue weighted by atomic mass is 16.6. The lowest BCUT2D eigenvalue weighted by atomic mass is 9.72. The molecule has 0 heterocycles. The first-order valence-corrected chi connectivity index (χ1v) is 9.77. The molecule has 7 nitrogen and oxygen atoms in total. The number of benzene rings is 2. The molecular weight excluding hydrogens is 384 g/mol. The van der Waals surface area contributed by atoms with E-state index in [9.17, 15) is 14.9 Å². The number of nitro groups is 1. The van der Waals surface area contributed by atoms with Gasteiger partial charge in [-0.05, 0) is 41.0 Å². The summed E-state index contributed by atoms with van der Waals surface area (Å²) in [4.78, 5) is 22.7. The Morgan fingerprint density at radius 3 is 2.23 bits per heavy atom. The topological polar surface area (TPSA) is 90.7 Å². The highest BCUT2D eigenvalue weighted by Crippen LogP contribution is 2.36. The molecule has 30 heavy (non-hydrogen) atoms.